The number of carbonyl (C=O) groups is 4. The highest BCUT2D eigenvalue weighted by Crippen LogP contribution is 2.71. The first kappa shape index (κ1) is 40.0. The van der Waals surface area contributed by atoms with Crippen LogP contribution >= 0.6 is 0 Å². The minimum absolute atomic E-state index is 0.000422. The van der Waals surface area contributed by atoms with E-state index in [9.17, 15) is 24.3 Å². The number of hydrogen-bond acceptors (Lipinski definition) is 17. The van der Waals surface area contributed by atoms with E-state index in [1.165, 1.54) is 18.2 Å². The van der Waals surface area contributed by atoms with E-state index in [0.717, 1.165) is 0 Å². The van der Waals surface area contributed by atoms with Gasteiger partial charge >= 0.3 is 11.9 Å². The molecule has 282 valence electrons. The molecule has 17 nitrogen and oxygen atoms in total. The fraction of sp³-hybridized carbons (Fsp3) is 0.750. The number of aliphatic hydroxyl groups excluding tert-OH is 1. The highest BCUT2D eigenvalue weighted by Gasteiger charge is 2.77. The summed E-state index contributed by atoms with van der Waals surface area (Å²) < 4.78 is 39.4. The Bertz CT molecular complexity index is 1330. The topological polar surface area (TPSA) is 231 Å². The molecule has 5 N–H and O–H groups in total. The molecule has 0 aromatic carbocycles. The minimum Gasteiger partial charge on any atom is -0.456 e. The zero-order chi connectivity index (χ0) is 36.9. The van der Waals surface area contributed by atoms with Gasteiger partial charge in [-0.2, -0.15) is 0 Å². The lowest BCUT2D eigenvalue weighted by Gasteiger charge is -2.62. The van der Waals surface area contributed by atoms with Crippen molar-refractivity contribution >= 4 is 23.5 Å². The quantitative estimate of drug-likeness (QED) is 0.0773. The van der Waals surface area contributed by atoms with Crippen LogP contribution in [0.4, 0.5) is 4.39 Å². The van der Waals surface area contributed by atoms with Crippen LogP contribution in [-0.4, -0.2) is 124 Å². The summed E-state index contributed by atoms with van der Waals surface area (Å²) in [6.45, 7) is 3.27. The van der Waals surface area contributed by atoms with Crippen molar-refractivity contribution < 1.29 is 78.1 Å². The number of halogens is 1. The van der Waals surface area contributed by atoms with Gasteiger partial charge in [-0.05, 0) is 57.1 Å². The maximum Gasteiger partial charge on any atom is 0.332 e. The number of carbonyl (C=O) groups excluding carboxylic acids is 4. The monoisotopic (exact) mass is 718 g/mol. The van der Waals surface area contributed by atoms with E-state index in [4.69, 9.17) is 39.8 Å². The second-order valence-corrected chi connectivity index (χ2v) is 13.6. The predicted octanol–water partition coefficient (Wildman–Crippen LogP) is 1.83. The number of ether oxygens (including phenoxy) is 4. The molecule has 4 aliphatic carbocycles. The lowest BCUT2D eigenvalue weighted by molar-refractivity contribution is -0.493. The standard InChI is InChI=1S/C32H47FN2O15/c1-20-15-24-23-7-6-21-16-22(36)8-9-29(21,2)31(23,33)25(37)17-30(24,3)32(20,50-27(39)5-4-10-48-34(41)42)26(38)18-47-28(40)19-46-12-11-45-13-14-49-35(43)44/h8-9,16,20,23-25,37,41-44H,4-7,10-15,17-19H2,1-3H3/t20-,23?,24?,25-,29-,30-,31?,32-/m0/s1. The van der Waals surface area contributed by atoms with Crippen LogP contribution in [0, 0.1) is 28.6 Å². The molecule has 0 heterocycles. The van der Waals surface area contributed by atoms with Crippen LogP contribution < -0.4 is 0 Å². The first-order valence-electron chi connectivity index (χ1n) is 16.5. The Kier molecular flexibility index (Phi) is 13.0. The normalized spacial score (nSPS) is 34.6. The summed E-state index contributed by atoms with van der Waals surface area (Å²) in [6, 6.07) is 0. The first-order chi connectivity index (χ1) is 23.5. The van der Waals surface area contributed by atoms with Crippen molar-refractivity contribution in [2.75, 3.05) is 46.2 Å². The summed E-state index contributed by atoms with van der Waals surface area (Å²) in [6.07, 6.45) is 2.96. The summed E-state index contributed by atoms with van der Waals surface area (Å²) in [5, 5.41) is 45.3. The van der Waals surface area contributed by atoms with E-state index in [1.54, 1.807) is 20.8 Å². The summed E-state index contributed by atoms with van der Waals surface area (Å²) in [5.41, 5.74) is -6.13. The molecule has 0 aromatic heterocycles. The van der Waals surface area contributed by atoms with E-state index in [2.05, 4.69) is 9.68 Å². The van der Waals surface area contributed by atoms with Crippen molar-refractivity contribution in [3.05, 3.63) is 23.8 Å². The maximum absolute atomic E-state index is 17.7. The number of fused-ring (bicyclic) bond motifs is 5. The van der Waals surface area contributed by atoms with E-state index in [-0.39, 0.29) is 70.9 Å². The highest BCUT2D eigenvalue weighted by atomic mass is 19.1. The van der Waals surface area contributed by atoms with Crippen molar-refractivity contribution in [2.24, 2.45) is 28.6 Å². The smallest absolute Gasteiger partial charge is 0.332 e. The number of alkyl halides is 1. The van der Waals surface area contributed by atoms with Crippen molar-refractivity contribution in [1.29, 1.82) is 0 Å². The number of Topliss-reactive ketones (excluding diaryl/α,β-unsaturated/α-hetero) is 1. The van der Waals surface area contributed by atoms with Crippen LogP contribution in [-0.2, 0) is 47.8 Å². The molecule has 0 aliphatic heterocycles. The second kappa shape index (κ2) is 16.3. The number of allylic oxidation sites excluding steroid dienone is 4. The molecule has 3 fully saturated rings. The molecule has 4 aliphatic rings. The third kappa shape index (κ3) is 7.70. The second-order valence-electron chi connectivity index (χ2n) is 13.6. The molecule has 0 spiro atoms. The lowest BCUT2D eigenvalue weighted by atomic mass is 9.44. The molecule has 8 atom stereocenters. The van der Waals surface area contributed by atoms with Gasteiger partial charge in [0.2, 0.25) is 5.78 Å². The minimum atomic E-state index is -2.20. The number of aliphatic hydroxyl groups is 1. The number of nitrogens with zero attached hydrogens (tertiary/aromatic N) is 2. The van der Waals surface area contributed by atoms with Gasteiger partial charge in [0.25, 0.3) is 0 Å². The predicted molar refractivity (Wildman–Crippen MR) is 161 cm³/mol. The Morgan fingerprint density at radius 1 is 0.940 bits per heavy atom. The molecule has 50 heavy (non-hydrogen) atoms. The molecular formula is C32H47FN2O15. The largest absolute Gasteiger partial charge is 0.456 e. The van der Waals surface area contributed by atoms with Crippen molar-refractivity contribution in [1.82, 2.24) is 10.8 Å². The van der Waals surface area contributed by atoms with Gasteiger partial charge in [0.1, 0.15) is 6.61 Å². The molecule has 0 aromatic rings. The zero-order valence-electron chi connectivity index (χ0n) is 28.3. The van der Waals surface area contributed by atoms with Gasteiger partial charge in [0.05, 0.1) is 49.9 Å². The summed E-state index contributed by atoms with van der Waals surface area (Å²) in [7, 11) is 0. The molecule has 3 unspecified atom stereocenters. The Labute approximate surface area is 287 Å². The van der Waals surface area contributed by atoms with Crippen LogP contribution in [0.25, 0.3) is 0 Å². The van der Waals surface area contributed by atoms with Crippen LogP contribution in [0.15, 0.2) is 23.8 Å². The third-order valence-electron chi connectivity index (χ3n) is 11.0. The number of hydrogen-bond donors (Lipinski definition) is 5. The first-order valence-corrected chi connectivity index (χ1v) is 16.5. The van der Waals surface area contributed by atoms with Gasteiger partial charge in [-0.15, -0.1) is 0 Å². The van der Waals surface area contributed by atoms with Gasteiger partial charge in [-0.1, -0.05) is 25.5 Å². The van der Waals surface area contributed by atoms with Crippen LogP contribution in [0.2, 0.25) is 0 Å². The molecule has 3 saturated carbocycles. The van der Waals surface area contributed by atoms with Gasteiger partial charge in [-0.25, -0.2) is 14.0 Å². The zero-order valence-corrected chi connectivity index (χ0v) is 28.3. The number of ketones is 2. The Morgan fingerprint density at radius 3 is 2.30 bits per heavy atom. The molecule has 0 radical (unpaired) electrons. The van der Waals surface area contributed by atoms with Gasteiger partial charge < -0.3 is 24.1 Å². The van der Waals surface area contributed by atoms with E-state index < -0.39 is 87.7 Å². The third-order valence-corrected chi connectivity index (χ3v) is 11.0. The Balaban J connectivity index is 1.52. The van der Waals surface area contributed by atoms with Gasteiger partial charge in [-0.3, -0.25) is 40.1 Å². The van der Waals surface area contributed by atoms with Crippen LogP contribution in [0.3, 0.4) is 0 Å². The average Bonchev–Trinajstić information content (AvgIpc) is 3.26. The molecule has 0 amide bonds. The maximum atomic E-state index is 17.7. The number of rotatable bonds is 18. The highest BCUT2D eigenvalue weighted by molar-refractivity contribution is 6.01. The lowest BCUT2D eigenvalue weighted by Crippen LogP contribution is -2.70. The summed E-state index contributed by atoms with van der Waals surface area (Å²) in [4.78, 5) is 61.2. The average molecular weight is 719 g/mol. The van der Waals surface area contributed by atoms with Crippen molar-refractivity contribution in [3.8, 4) is 0 Å². The Hall–Kier alpha value is -2.75. The van der Waals surface area contributed by atoms with Crippen LogP contribution in [0.5, 0.6) is 0 Å². The molecular weight excluding hydrogens is 671 g/mol. The summed E-state index contributed by atoms with van der Waals surface area (Å²) >= 11 is 0. The SMILES string of the molecule is C[C@H]1CC2C3CCC4=CC(=O)C=C[C@]4(C)C3(F)[C@@H](O)C[C@]2(C)[C@@]1(OC(=O)CCCON(O)O)C(=O)COC(=O)COCCOCCON(O)O. The number of esters is 2. The van der Waals surface area contributed by atoms with Gasteiger partial charge in [0.15, 0.2) is 23.7 Å². The van der Waals surface area contributed by atoms with E-state index in [1.807, 2.05) is 0 Å². The Morgan fingerprint density at radius 2 is 1.60 bits per heavy atom. The molecule has 4 rings (SSSR count). The summed E-state index contributed by atoms with van der Waals surface area (Å²) in [5.74, 6) is -4.77. The fourth-order valence-electron chi connectivity index (χ4n) is 8.84. The molecule has 18 heteroatoms. The fourth-order valence-corrected chi connectivity index (χ4v) is 8.84. The molecule has 0 saturated heterocycles. The van der Waals surface area contributed by atoms with Crippen molar-refractivity contribution in [3.63, 3.8) is 0 Å². The molecule has 0 bridgehead atoms. The van der Waals surface area contributed by atoms with E-state index in [0.29, 0.717) is 12.0 Å². The van der Waals surface area contributed by atoms with Crippen LogP contribution in [0.1, 0.15) is 59.3 Å². The van der Waals surface area contributed by atoms with Crippen molar-refractivity contribution in [2.45, 2.75) is 76.7 Å². The van der Waals surface area contributed by atoms with Gasteiger partial charge in [0, 0.05) is 29.1 Å². The van der Waals surface area contributed by atoms with E-state index >= 15 is 4.39 Å².